The first-order valence-electron chi connectivity index (χ1n) is 5.90. The Labute approximate surface area is 97.1 Å². The van der Waals surface area contributed by atoms with Gasteiger partial charge < -0.3 is 10.3 Å². The summed E-state index contributed by atoms with van der Waals surface area (Å²) >= 11 is 0. The monoisotopic (exact) mass is 214 g/mol. The minimum absolute atomic E-state index is 0.621. The molecule has 0 amide bonds. The van der Waals surface area contributed by atoms with Crippen molar-refractivity contribution in [3.8, 4) is 0 Å². The largest absolute Gasteiger partial charge is 0.375 e. The maximum atomic E-state index is 8.06. The zero-order valence-corrected chi connectivity index (χ0v) is 9.74. The third-order valence-electron chi connectivity index (χ3n) is 3.04. The number of nitrogens with zero attached hydrogens (tertiary/aromatic N) is 1. The fraction of sp³-hybridized carbons (Fsp3) is 0.357. The van der Waals surface area contributed by atoms with Gasteiger partial charge in [-0.05, 0) is 31.4 Å². The van der Waals surface area contributed by atoms with Crippen LogP contribution in [0.15, 0.2) is 42.1 Å². The van der Waals surface area contributed by atoms with Gasteiger partial charge in [0.25, 0.3) is 0 Å². The number of rotatable bonds is 3. The van der Waals surface area contributed by atoms with Gasteiger partial charge in [0, 0.05) is 18.8 Å². The summed E-state index contributed by atoms with van der Waals surface area (Å²) in [5.74, 6) is 0. The van der Waals surface area contributed by atoms with Crippen LogP contribution in [0, 0.1) is 5.41 Å². The molecule has 0 aromatic heterocycles. The van der Waals surface area contributed by atoms with Crippen LogP contribution >= 0.6 is 0 Å². The van der Waals surface area contributed by atoms with E-state index in [2.05, 4.69) is 11.8 Å². The van der Waals surface area contributed by atoms with E-state index in [0.29, 0.717) is 5.71 Å². The van der Waals surface area contributed by atoms with Crippen molar-refractivity contribution in [3.05, 3.63) is 47.7 Å². The van der Waals surface area contributed by atoms with Crippen LogP contribution in [0.2, 0.25) is 0 Å². The summed E-state index contributed by atoms with van der Waals surface area (Å²) in [6, 6.07) is 9.93. The van der Waals surface area contributed by atoms with Gasteiger partial charge in [0.1, 0.15) is 0 Å². The predicted molar refractivity (Wildman–Crippen MR) is 67.8 cm³/mol. The SMILES string of the molecule is CCN1CCCC1=CC(=N)c1ccccc1. The van der Waals surface area contributed by atoms with Crippen molar-refractivity contribution >= 4 is 5.71 Å². The lowest BCUT2D eigenvalue weighted by Crippen LogP contribution is -2.17. The van der Waals surface area contributed by atoms with Gasteiger partial charge in [-0.25, -0.2) is 0 Å². The molecule has 0 bridgehead atoms. The molecule has 84 valence electrons. The zero-order chi connectivity index (χ0) is 11.4. The van der Waals surface area contributed by atoms with Gasteiger partial charge in [0.05, 0.1) is 5.71 Å². The van der Waals surface area contributed by atoms with Gasteiger partial charge in [-0.3, -0.25) is 0 Å². The molecular weight excluding hydrogens is 196 g/mol. The number of likely N-dealkylation sites (tertiary alicyclic amines) is 1. The van der Waals surface area contributed by atoms with Crippen molar-refractivity contribution in [2.24, 2.45) is 0 Å². The Kier molecular flexibility index (Phi) is 3.40. The Morgan fingerprint density at radius 2 is 2.12 bits per heavy atom. The van der Waals surface area contributed by atoms with Crippen LogP contribution in [0.1, 0.15) is 25.3 Å². The van der Waals surface area contributed by atoms with Crippen LogP contribution in [-0.4, -0.2) is 23.7 Å². The lowest BCUT2D eigenvalue weighted by atomic mass is 10.1. The molecule has 1 aromatic carbocycles. The van der Waals surface area contributed by atoms with E-state index < -0.39 is 0 Å². The highest BCUT2D eigenvalue weighted by atomic mass is 15.1. The Hall–Kier alpha value is -1.57. The van der Waals surface area contributed by atoms with E-state index >= 15 is 0 Å². The average Bonchev–Trinajstić information content (AvgIpc) is 2.77. The highest BCUT2D eigenvalue weighted by Gasteiger charge is 2.15. The summed E-state index contributed by atoms with van der Waals surface area (Å²) in [4.78, 5) is 2.36. The van der Waals surface area contributed by atoms with Gasteiger partial charge in [-0.15, -0.1) is 0 Å². The lowest BCUT2D eigenvalue weighted by Gasteiger charge is -2.17. The summed E-state index contributed by atoms with van der Waals surface area (Å²) in [6.07, 6.45) is 4.36. The summed E-state index contributed by atoms with van der Waals surface area (Å²) in [5.41, 5.74) is 2.94. The maximum absolute atomic E-state index is 8.06. The molecule has 1 saturated heterocycles. The van der Waals surface area contributed by atoms with Crippen molar-refractivity contribution in [3.63, 3.8) is 0 Å². The van der Waals surface area contributed by atoms with Gasteiger partial charge in [-0.1, -0.05) is 30.3 Å². The average molecular weight is 214 g/mol. The molecule has 1 fully saturated rings. The van der Waals surface area contributed by atoms with Crippen LogP contribution in [0.4, 0.5) is 0 Å². The molecule has 1 heterocycles. The Balaban J connectivity index is 2.15. The van der Waals surface area contributed by atoms with Crippen LogP contribution in [0.25, 0.3) is 0 Å². The quantitative estimate of drug-likeness (QED) is 0.769. The molecule has 1 N–H and O–H groups in total. The smallest absolute Gasteiger partial charge is 0.0629 e. The molecule has 2 heteroatoms. The van der Waals surface area contributed by atoms with Crippen molar-refractivity contribution < 1.29 is 0 Å². The summed E-state index contributed by atoms with van der Waals surface area (Å²) in [6.45, 7) is 4.36. The molecular formula is C14H18N2. The first-order valence-corrected chi connectivity index (χ1v) is 5.90. The predicted octanol–water partition coefficient (Wildman–Crippen LogP) is 3.05. The third kappa shape index (κ3) is 2.32. The molecule has 0 aliphatic carbocycles. The van der Waals surface area contributed by atoms with Crippen molar-refractivity contribution in [2.75, 3.05) is 13.1 Å². The van der Waals surface area contributed by atoms with E-state index in [0.717, 1.165) is 25.1 Å². The van der Waals surface area contributed by atoms with Gasteiger partial charge in [0.15, 0.2) is 0 Å². The van der Waals surface area contributed by atoms with Gasteiger partial charge >= 0.3 is 0 Å². The fourth-order valence-electron chi connectivity index (χ4n) is 2.15. The standard InChI is InChI=1S/C14H18N2/c1-2-16-10-6-9-13(16)11-14(15)12-7-4-3-5-8-12/h3-5,7-8,11,15H,2,6,9-10H2,1H3. The Morgan fingerprint density at radius 3 is 2.81 bits per heavy atom. The molecule has 1 aliphatic rings. The topological polar surface area (TPSA) is 27.1 Å². The van der Waals surface area contributed by atoms with Crippen LogP contribution in [-0.2, 0) is 0 Å². The molecule has 0 saturated carbocycles. The summed E-state index contributed by atoms with van der Waals surface area (Å²) in [7, 11) is 0. The summed E-state index contributed by atoms with van der Waals surface area (Å²) in [5, 5.41) is 8.06. The number of nitrogens with one attached hydrogen (secondary N) is 1. The van der Waals surface area contributed by atoms with Crippen LogP contribution in [0.5, 0.6) is 0 Å². The minimum Gasteiger partial charge on any atom is -0.375 e. The molecule has 1 aliphatic heterocycles. The second-order valence-corrected chi connectivity index (χ2v) is 4.10. The molecule has 0 unspecified atom stereocenters. The highest BCUT2D eigenvalue weighted by molar-refractivity contribution is 6.06. The molecule has 2 rings (SSSR count). The van der Waals surface area contributed by atoms with Crippen molar-refractivity contribution in [2.45, 2.75) is 19.8 Å². The van der Waals surface area contributed by atoms with E-state index in [-0.39, 0.29) is 0 Å². The molecule has 1 aromatic rings. The van der Waals surface area contributed by atoms with Crippen molar-refractivity contribution in [1.82, 2.24) is 4.90 Å². The number of allylic oxidation sites excluding steroid dienone is 2. The Morgan fingerprint density at radius 1 is 1.38 bits per heavy atom. The van der Waals surface area contributed by atoms with Gasteiger partial charge in [-0.2, -0.15) is 0 Å². The van der Waals surface area contributed by atoms with Crippen molar-refractivity contribution in [1.29, 1.82) is 5.41 Å². The highest BCUT2D eigenvalue weighted by Crippen LogP contribution is 2.20. The third-order valence-corrected chi connectivity index (χ3v) is 3.04. The number of benzene rings is 1. The first kappa shape index (κ1) is 10.9. The minimum atomic E-state index is 0.621. The zero-order valence-electron chi connectivity index (χ0n) is 9.74. The number of hydrogen-bond acceptors (Lipinski definition) is 2. The van der Waals surface area contributed by atoms with E-state index in [1.54, 1.807) is 0 Å². The van der Waals surface area contributed by atoms with E-state index in [1.165, 1.54) is 12.1 Å². The maximum Gasteiger partial charge on any atom is 0.0629 e. The van der Waals surface area contributed by atoms with E-state index in [9.17, 15) is 0 Å². The normalized spacial score (nSPS) is 18.1. The molecule has 2 nitrogen and oxygen atoms in total. The molecule has 0 spiro atoms. The van der Waals surface area contributed by atoms with E-state index in [4.69, 9.17) is 5.41 Å². The molecule has 16 heavy (non-hydrogen) atoms. The van der Waals surface area contributed by atoms with Crippen LogP contribution < -0.4 is 0 Å². The Bertz CT molecular complexity index is 392. The second-order valence-electron chi connectivity index (χ2n) is 4.10. The fourth-order valence-corrected chi connectivity index (χ4v) is 2.15. The van der Waals surface area contributed by atoms with Gasteiger partial charge in [0.2, 0.25) is 0 Å². The second kappa shape index (κ2) is 4.97. The first-order chi connectivity index (χ1) is 7.81. The summed E-state index contributed by atoms with van der Waals surface area (Å²) < 4.78 is 0. The number of hydrogen-bond donors (Lipinski definition) is 1. The molecule has 0 radical (unpaired) electrons. The van der Waals surface area contributed by atoms with E-state index in [1.807, 2.05) is 36.4 Å². The van der Waals surface area contributed by atoms with Crippen LogP contribution in [0.3, 0.4) is 0 Å². The molecule has 0 atom stereocenters. The lowest BCUT2D eigenvalue weighted by molar-refractivity contribution is 0.416.